The molecule has 4 nitrogen and oxygen atoms in total. The highest BCUT2D eigenvalue weighted by Gasteiger charge is 2.18. The number of fused-ring (bicyclic) bond motifs is 1. The van der Waals surface area contributed by atoms with Crippen LogP contribution in [0.25, 0.3) is 10.8 Å². The van der Waals surface area contributed by atoms with Gasteiger partial charge < -0.3 is 16.0 Å². The molecule has 3 rings (SSSR count). The zero-order valence-corrected chi connectivity index (χ0v) is 12.7. The standard InChI is InChI=1S/C17H24N4/c1-2-21-9-6-13(7-10-21)11-20-17-4-3-16(18)14-5-8-19-12-15(14)17/h3-5,8,12-13,20H,2,6-7,9-11,18H2,1H3. The van der Waals surface area contributed by atoms with E-state index in [4.69, 9.17) is 5.73 Å². The van der Waals surface area contributed by atoms with Crippen molar-refractivity contribution in [2.24, 2.45) is 5.92 Å². The molecule has 0 saturated carbocycles. The van der Waals surface area contributed by atoms with Crippen LogP contribution in [0.4, 0.5) is 11.4 Å². The lowest BCUT2D eigenvalue weighted by atomic mass is 9.96. The molecule has 112 valence electrons. The number of nitrogens with one attached hydrogen (secondary N) is 1. The molecule has 1 aromatic carbocycles. The highest BCUT2D eigenvalue weighted by atomic mass is 15.1. The predicted molar refractivity (Wildman–Crippen MR) is 89.5 cm³/mol. The fraction of sp³-hybridized carbons (Fsp3) is 0.471. The lowest BCUT2D eigenvalue weighted by Crippen LogP contribution is -2.35. The van der Waals surface area contributed by atoms with Gasteiger partial charge in [0.15, 0.2) is 0 Å². The summed E-state index contributed by atoms with van der Waals surface area (Å²) < 4.78 is 0. The minimum Gasteiger partial charge on any atom is -0.398 e. The van der Waals surface area contributed by atoms with Gasteiger partial charge in [0, 0.05) is 41.1 Å². The number of anilines is 2. The molecular weight excluding hydrogens is 260 g/mol. The van der Waals surface area contributed by atoms with Gasteiger partial charge in [-0.15, -0.1) is 0 Å². The Bertz CT molecular complexity index is 603. The van der Waals surface area contributed by atoms with E-state index in [1.807, 2.05) is 18.3 Å². The van der Waals surface area contributed by atoms with Crippen molar-refractivity contribution in [1.82, 2.24) is 9.88 Å². The molecule has 3 N–H and O–H groups in total. The summed E-state index contributed by atoms with van der Waals surface area (Å²) in [5.74, 6) is 0.761. The van der Waals surface area contributed by atoms with E-state index in [-0.39, 0.29) is 0 Å². The van der Waals surface area contributed by atoms with Crippen LogP contribution < -0.4 is 11.1 Å². The zero-order valence-electron chi connectivity index (χ0n) is 12.7. The van der Waals surface area contributed by atoms with Crippen molar-refractivity contribution in [3.8, 4) is 0 Å². The summed E-state index contributed by atoms with van der Waals surface area (Å²) in [6, 6.07) is 6.03. The van der Waals surface area contributed by atoms with Gasteiger partial charge in [0.05, 0.1) is 0 Å². The molecule has 1 aliphatic heterocycles. The molecule has 4 heteroatoms. The maximum absolute atomic E-state index is 6.03. The van der Waals surface area contributed by atoms with Gasteiger partial charge in [0.2, 0.25) is 0 Å². The van der Waals surface area contributed by atoms with Crippen LogP contribution in [0.15, 0.2) is 30.6 Å². The number of benzene rings is 1. The van der Waals surface area contributed by atoms with Gasteiger partial charge in [-0.3, -0.25) is 4.98 Å². The van der Waals surface area contributed by atoms with Crippen LogP contribution in [0.2, 0.25) is 0 Å². The van der Waals surface area contributed by atoms with E-state index in [1.54, 1.807) is 6.20 Å². The first kappa shape index (κ1) is 14.1. The monoisotopic (exact) mass is 284 g/mol. The van der Waals surface area contributed by atoms with Crippen LogP contribution in [0.3, 0.4) is 0 Å². The lowest BCUT2D eigenvalue weighted by Gasteiger charge is -2.31. The third-order valence-electron chi connectivity index (χ3n) is 4.59. The highest BCUT2D eigenvalue weighted by Crippen LogP contribution is 2.28. The fourth-order valence-electron chi connectivity index (χ4n) is 3.13. The number of nitrogens with two attached hydrogens (primary N) is 1. The second kappa shape index (κ2) is 6.31. The number of pyridine rings is 1. The van der Waals surface area contributed by atoms with Crippen molar-refractivity contribution in [1.29, 1.82) is 0 Å². The molecule has 21 heavy (non-hydrogen) atoms. The van der Waals surface area contributed by atoms with Crippen molar-refractivity contribution in [3.05, 3.63) is 30.6 Å². The van der Waals surface area contributed by atoms with Crippen molar-refractivity contribution >= 4 is 22.1 Å². The summed E-state index contributed by atoms with van der Waals surface area (Å²) in [6.45, 7) is 6.91. The first-order chi connectivity index (χ1) is 10.3. The minimum absolute atomic E-state index is 0.761. The van der Waals surface area contributed by atoms with Gasteiger partial charge in [-0.05, 0) is 56.6 Å². The molecule has 1 aromatic heterocycles. The number of piperidine rings is 1. The van der Waals surface area contributed by atoms with Crippen LogP contribution in [-0.4, -0.2) is 36.1 Å². The summed E-state index contributed by atoms with van der Waals surface area (Å²) in [4.78, 5) is 6.76. The first-order valence-corrected chi connectivity index (χ1v) is 7.86. The second-order valence-corrected chi connectivity index (χ2v) is 5.88. The van der Waals surface area contributed by atoms with E-state index in [2.05, 4.69) is 28.2 Å². The number of likely N-dealkylation sites (tertiary alicyclic amines) is 1. The molecule has 0 unspecified atom stereocenters. The van der Waals surface area contributed by atoms with Crippen LogP contribution in [0.5, 0.6) is 0 Å². The SMILES string of the molecule is CCN1CCC(CNc2ccc(N)c3ccncc23)CC1. The third-order valence-corrected chi connectivity index (χ3v) is 4.59. The topological polar surface area (TPSA) is 54.2 Å². The number of hydrogen-bond acceptors (Lipinski definition) is 4. The Labute approximate surface area is 126 Å². The zero-order chi connectivity index (χ0) is 14.7. The van der Waals surface area contributed by atoms with Crippen LogP contribution in [0, 0.1) is 5.92 Å². The number of nitrogen functional groups attached to an aromatic ring is 1. The van der Waals surface area contributed by atoms with Gasteiger partial charge >= 0.3 is 0 Å². The first-order valence-electron chi connectivity index (χ1n) is 7.86. The summed E-state index contributed by atoms with van der Waals surface area (Å²) in [6.07, 6.45) is 6.26. The Morgan fingerprint density at radius 3 is 2.81 bits per heavy atom. The maximum Gasteiger partial charge on any atom is 0.0437 e. The van der Waals surface area contributed by atoms with Crippen molar-refractivity contribution in [2.75, 3.05) is 37.2 Å². The molecule has 0 spiro atoms. The Balaban J connectivity index is 1.67. The van der Waals surface area contributed by atoms with E-state index in [0.717, 1.165) is 34.6 Å². The van der Waals surface area contributed by atoms with Gasteiger partial charge in [-0.25, -0.2) is 0 Å². The van der Waals surface area contributed by atoms with Gasteiger partial charge in [-0.2, -0.15) is 0 Å². The van der Waals surface area contributed by atoms with Gasteiger partial charge in [-0.1, -0.05) is 6.92 Å². The van der Waals surface area contributed by atoms with E-state index in [1.165, 1.54) is 32.5 Å². The molecule has 0 amide bonds. The third kappa shape index (κ3) is 3.10. The molecular formula is C17H24N4. The molecule has 1 fully saturated rings. The van der Waals surface area contributed by atoms with Crippen LogP contribution in [-0.2, 0) is 0 Å². The van der Waals surface area contributed by atoms with Crippen LogP contribution >= 0.6 is 0 Å². The fourth-order valence-corrected chi connectivity index (χ4v) is 3.13. The van der Waals surface area contributed by atoms with E-state index in [9.17, 15) is 0 Å². The van der Waals surface area contributed by atoms with Gasteiger partial charge in [0.25, 0.3) is 0 Å². The quantitative estimate of drug-likeness (QED) is 0.848. The van der Waals surface area contributed by atoms with E-state index >= 15 is 0 Å². The lowest BCUT2D eigenvalue weighted by molar-refractivity contribution is 0.198. The highest BCUT2D eigenvalue weighted by molar-refractivity contribution is 6.00. The number of aromatic nitrogens is 1. The molecule has 1 aliphatic rings. The number of nitrogens with zero attached hydrogens (tertiary/aromatic N) is 2. The van der Waals surface area contributed by atoms with Crippen LogP contribution in [0.1, 0.15) is 19.8 Å². The maximum atomic E-state index is 6.03. The summed E-state index contributed by atoms with van der Waals surface area (Å²) >= 11 is 0. The average Bonchev–Trinajstić information content (AvgIpc) is 2.55. The smallest absolute Gasteiger partial charge is 0.0437 e. The Hall–Kier alpha value is -1.81. The van der Waals surface area contributed by atoms with E-state index in [0.29, 0.717) is 0 Å². The molecule has 0 radical (unpaired) electrons. The van der Waals surface area contributed by atoms with Crippen molar-refractivity contribution < 1.29 is 0 Å². The predicted octanol–water partition coefficient (Wildman–Crippen LogP) is 2.96. The Morgan fingerprint density at radius 2 is 2.05 bits per heavy atom. The molecule has 2 aromatic rings. The normalized spacial score (nSPS) is 17.2. The summed E-state index contributed by atoms with van der Waals surface area (Å²) in [7, 11) is 0. The van der Waals surface area contributed by atoms with E-state index < -0.39 is 0 Å². The minimum atomic E-state index is 0.761. The van der Waals surface area contributed by atoms with Crippen molar-refractivity contribution in [3.63, 3.8) is 0 Å². The number of rotatable bonds is 4. The number of hydrogen-bond donors (Lipinski definition) is 2. The molecule has 2 heterocycles. The molecule has 0 atom stereocenters. The molecule has 0 bridgehead atoms. The second-order valence-electron chi connectivity index (χ2n) is 5.88. The largest absolute Gasteiger partial charge is 0.398 e. The van der Waals surface area contributed by atoms with Gasteiger partial charge in [0.1, 0.15) is 0 Å². The molecule has 0 aliphatic carbocycles. The molecule has 1 saturated heterocycles. The summed E-state index contributed by atoms with van der Waals surface area (Å²) in [5, 5.41) is 5.80. The van der Waals surface area contributed by atoms with Crippen molar-refractivity contribution in [2.45, 2.75) is 19.8 Å². The Kier molecular flexibility index (Phi) is 4.25. The average molecular weight is 284 g/mol. The summed E-state index contributed by atoms with van der Waals surface area (Å²) in [5.41, 5.74) is 7.99. The Morgan fingerprint density at radius 1 is 1.24 bits per heavy atom.